The van der Waals surface area contributed by atoms with Gasteiger partial charge in [-0.05, 0) is 61.8 Å². The van der Waals surface area contributed by atoms with Crippen molar-refractivity contribution in [1.29, 1.82) is 0 Å². The molecule has 0 radical (unpaired) electrons. The average Bonchev–Trinajstić information content (AvgIpc) is 1.30. The van der Waals surface area contributed by atoms with E-state index in [1.807, 2.05) is 0 Å². The van der Waals surface area contributed by atoms with Gasteiger partial charge in [0.05, 0.1) is 25.3 Å². The molecule has 2 rings (SSSR count). The number of H-pyrrole nitrogens is 1. The fourth-order valence-electron chi connectivity index (χ4n) is 9.33. The first kappa shape index (κ1) is 82.8. The minimum Gasteiger partial charge on any atom is -0.481 e. The van der Waals surface area contributed by atoms with E-state index in [4.69, 9.17) is 28.7 Å². The Bertz CT molecular complexity index is 3070. The fraction of sp³-hybridized carbons (Fsp3) is 0.590. The summed E-state index contributed by atoms with van der Waals surface area (Å²) in [5, 5.41) is 46.7. The number of aromatic nitrogens is 2. The minimum absolute atomic E-state index is 0.000637. The van der Waals surface area contributed by atoms with Crippen molar-refractivity contribution in [2.24, 2.45) is 57.3 Å². The summed E-state index contributed by atoms with van der Waals surface area (Å²) in [6.07, 6.45) is 0.190. The molecule has 0 spiro atoms. The number of aliphatic imine (C=N–C) groups is 1. The molecule has 538 valence electrons. The number of nitrogens with two attached hydrogens (primary N) is 5. The first-order valence-electron chi connectivity index (χ1n) is 31.6. The zero-order chi connectivity index (χ0) is 73.4. The van der Waals surface area contributed by atoms with E-state index in [2.05, 4.69) is 73.4 Å². The van der Waals surface area contributed by atoms with Crippen molar-refractivity contribution < 1.29 is 82.1 Å². The lowest BCUT2D eigenvalue weighted by molar-refractivity contribution is -0.144. The van der Waals surface area contributed by atoms with E-state index in [1.165, 1.54) is 47.1 Å². The number of hydrogen-bond donors (Lipinski definition) is 19. The quantitative estimate of drug-likeness (QED) is 0.0167. The molecule has 24 N–H and O–H groups in total. The van der Waals surface area contributed by atoms with Crippen molar-refractivity contribution >= 4 is 94.7 Å². The lowest BCUT2D eigenvalue weighted by atomic mass is 9.97. The molecule has 13 amide bonds. The van der Waals surface area contributed by atoms with E-state index in [9.17, 15) is 82.1 Å². The maximum Gasteiger partial charge on any atom is 0.326 e. The number of aromatic amines is 1. The van der Waals surface area contributed by atoms with Gasteiger partial charge in [0.1, 0.15) is 60.4 Å². The van der Waals surface area contributed by atoms with Gasteiger partial charge in [0.25, 0.3) is 0 Å². The summed E-state index contributed by atoms with van der Waals surface area (Å²) in [4.78, 5) is 210. The summed E-state index contributed by atoms with van der Waals surface area (Å²) in [5.41, 5.74) is 28.4. The number of primary amides is 2. The number of amides is 13. The van der Waals surface area contributed by atoms with Gasteiger partial charge in [-0.15, -0.1) is 0 Å². The van der Waals surface area contributed by atoms with Crippen LogP contribution in [0.2, 0.25) is 0 Å². The standard InChI is InChI=1S/C61H97N19O17/c1-10-32(8)49(80-56(92)40(24-35-26-67-28-70-35)74-54(90)39(23-34-15-12-11-13-16-34)76-58(94)47(30(4)5)78-51(87)36(62)18-20-42(63)81)59(95)71-33(9)50(86)69-27-44(83)77-46(29(2)3)57(93)73-37(17-14-22-68-61(65)66)52(88)75-41(25-45(84)85)55(91)72-38(19-21-43(64)82)53(89)79-48(31(6)7)60(96)97/h11-13,15-16,26,28-33,36-41,46-49H,10,14,17-25,27,62H2,1-9H3,(H2,63,81)(H2,64,82)(H,67,70)(H,69,86)(H,71,95)(H,72,91)(H,73,93)(H,74,90)(H,75,88)(H,76,94)(H,77,83)(H,78,87)(H,79,89)(H,80,92)(H,84,85)(H,96,97)(H4,65,66,68)/t32-,33-,36-,37-,38-,39-,40-,41-,46-,47-,48-,49-/m0/s1. The number of nitrogens with one attached hydrogen (secondary N) is 12. The lowest BCUT2D eigenvalue weighted by Gasteiger charge is -2.29. The van der Waals surface area contributed by atoms with Gasteiger partial charge in [-0.2, -0.15) is 0 Å². The Kier molecular flexibility index (Phi) is 35.4. The van der Waals surface area contributed by atoms with E-state index >= 15 is 0 Å². The largest absolute Gasteiger partial charge is 0.481 e. The Balaban J connectivity index is 2.34. The predicted octanol–water partition coefficient (Wildman–Crippen LogP) is -5.34. The summed E-state index contributed by atoms with van der Waals surface area (Å²) in [6, 6.07) is -7.43. The first-order chi connectivity index (χ1) is 45.4. The number of imidazole rings is 1. The summed E-state index contributed by atoms with van der Waals surface area (Å²) in [5.74, 6) is -17.8. The Hall–Kier alpha value is -10.3. The third-order valence-corrected chi connectivity index (χ3v) is 15.2. The van der Waals surface area contributed by atoms with Gasteiger partial charge >= 0.3 is 11.9 Å². The van der Waals surface area contributed by atoms with E-state index in [0.717, 1.165) is 0 Å². The topological polar surface area (TPSA) is 600 Å². The van der Waals surface area contributed by atoms with Crippen molar-refractivity contribution in [3.8, 4) is 0 Å². The third-order valence-electron chi connectivity index (χ3n) is 15.2. The van der Waals surface area contributed by atoms with Crippen LogP contribution in [-0.4, -0.2) is 194 Å². The number of hydrogen-bond acceptors (Lipinski definition) is 18. The van der Waals surface area contributed by atoms with Gasteiger partial charge in [-0.25, -0.2) is 9.78 Å². The first-order valence-corrected chi connectivity index (χ1v) is 31.6. The van der Waals surface area contributed by atoms with Crippen LogP contribution in [0.25, 0.3) is 0 Å². The van der Waals surface area contributed by atoms with Crippen LogP contribution in [0.5, 0.6) is 0 Å². The van der Waals surface area contributed by atoms with Crippen LogP contribution in [-0.2, 0) is 84.8 Å². The number of benzene rings is 1. The molecule has 0 aliphatic heterocycles. The molecular formula is C61H97N19O17. The highest BCUT2D eigenvalue weighted by Gasteiger charge is 2.38. The van der Waals surface area contributed by atoms with E-state index in [0.29, 0.717) is 17.7 Å². The molecule has 0 aliphatic rings. The number of carboxylic acids is 2. The second-order valence-electron chi connectivity index (χ2n) is 24.3. The molecule has 1 aromatic carbocycles. The molecule has 97 heavy (non-hydrogen) atoms. The van der Waals surface area contributed by atoms with E-state index in [-0.39, 0.29) is 51.0 Å². The molecule has 0 fully saturated rings. The molecule has 12 atom stereocenters. The van der Waals surface area contributed by atoms with Gasteiger partial charge in [0.2, 0.25) is 76.8 Å². The van der Waals surface area contributed by atoms with Crippen LogP contribution in [0.1, 0.15) is 125 Å². The number of aliphatic carboxylic acids is 2. The molecule has 0 saturated carbocycles. The van der Waals surface area contributed by atoms with Crippen LogP contribution in [0.15, 0.2) is 47.8 Å². The predicted molar refractivity (Wildman–Crippen MR) is 349 cm³/mol. The highest BCUT2D eigenvalue weighted by atomic mass is 16.4. The zero-order valence-corrected chi connectivity index (χ0v) is 56.0. The average molecular weight is 1370 g/mol. The monoisotopic (exact) mass is 1370 g/mol. The van der Waals surface area contributed by atoms with Crippen molar-refractivity contribution in [1.82, 2.24) is 68.5 Å². The second-order valence-corrected chi connectivity index (χ2v) is 24.3. The number of carbonyl (C=O) groups is 15. The number of guanidine groups is 1. The van der Waals surface area contributed by atoms with Gasteiger partial charge in [0.15, 0.2) is 5.96 Å². The van der Waals surface area contributed by atoms with Gasteiger partial charge in [-0.1, -0.05) is 92.1 Å². The molecule has 0 bridgehead atoms. The molecule has 0 unspecified atom stereocenters. The van der Waals surface area contributed by atoms with Gasteiger partial charge in [-0.3, -0.25) is 72.1 Å². The van der Waals surface area contributed by atoms with E-state index in [1.54, 1.807) is 58.0 Å². The number of carboxylic acid groups (broad SMARTS) is 2. The highest BCUT2D eigenvalue weighted by molar-refractivity contribution is 6.00. The number of nitrogens with zero attached hydrogens (tertiary/aromatic N) is 2. The lowest BCUT2D eigenvalue weighted by Crippen LogP contribution is -2.61. The van der Waals surface area contributed by atoms with Crippen LogP contribution in [0.4, 0.5) is 0 Å². The van der Waals surface area contributed by atoms with Crippen molar-refractivity contribution in [3.63, 3.8) is 0 Å². The maximum absolute atomic E-state index is 14.4. The zero-order valence-electron chi connectivity index (χ0n) is 56.0. The fourth-order valence-corrected chi connectivity index (χ4v) is 9.33. The van der Waals surface area contributed by atoms with Crippen LogP contribution in [0, 0.1) is 23.7 Å². The normalized spacial score (nSPS) is 14.8. The van der Waals surface area contributed by atoms with Crippen molar-refractivity contribution in [3.05, 3.63) is 54.1 Å². The minimum atomic E-state index is -1.95. The molecule has 1 heterocycles. The SMILES string of the molecule is CC[C@H](C)[C@H](NC(=O)[C@H](Cc1cnc[nH]1)NC(=O)[C@H](Cc1ccccc1)NC(=O)[C@@H](NC(=O)[C@@H](N)CCC(N)=O)C(C)C)C(=O)N[C@@H](C)C(=O)NCC(=O)N[C@H](C(=O)N[C@@H](CCCN=C(N)N)C(=O)N[C@@H](CC(=O)O)C(=O)N[C@@H](CCC(N)=O)C(=O)N[C@H](C(=O)O)C(C)C)C(C)C. The third kappa shape index (κ3) is 30.3. The van der Waals surface area contributed by atoms with Crippen LogP contribution >= 0.6 is 0 Å². The Morgan fingerprint density at radius 3 is 1.52 bits per heavy atom. The second kappa shape index (κ2) is 41.5. The summed E-state index contributed by atoms with van der Waals surface area (Å²) >= 11 is 0. The molecule has 2 aromatic rings. The summed E-state index contributed by atoms with van der Waals surface area (Å²) in [6.45, 7) is 13.1. The van der Waals surface area contributed by atoms with Gasteiger partial charge < -0.3 is 102 Å². The van der Waals surface area contributed by atoms with Crippen molar-refractivity contribution in [2.75, 3.05) is 13.1 Å². The van der Waals surface area contributed by atoms with Crippen molar-refractivity contribution in [2.45, 2.75) is 193 Å². The molecule has 1 aromatic heterocycles. The van der Waals surface area contributed by atoms with Crippen LogP contribution in [0.3, 0.4) is 0 Å². The number of rotatable bonds is 44. The van der Waals surface area contributed by atoms with E-state index < -0.39 is 205 Å². The maximum atomic E-state index is 14.4. The molecule has 0 aliphatic carbocycles. The Morgan fingerprint density at radius 2 is 0.979 bits per heavy atom. The number of carbonyl (C=O) groups excluding carboxylic acids is 13. The van der Waals surface area contributed by atoms with Gasteiger partial charge in [0, 0.05) is 44.1 Å². The Morgan fingerprint density at radius 1 is 0.515 bits per heavy atom. The Labute approximate surface area is 561 Å². The molecular weight excluding hydrogens is 1270 g/mol. The summed E-state index contributed by atoms with van der Waals surface area (Å²) < 4.78 is 0. The summed E-state index contributed by atoms with van der Waals surface area (Å²) in [7, 11) is 0. The highest BCUT2D eigenvalue weighted by Crippen LogP contribution is 2.14. The smallest absolute Gasteiger partial charge is 0.326 e. The molecule has 36 nitrogen and oxygen atoms in total. The molecule has 0 saturated heterocycles. The molecule has 36 heteroatoms. The van der Waals surface area contributed by atoms with Crippen LogP contribution < -0.4 is 87.2 Å².